The molecule has 0 bridgehead atoms. The summed E-state index contributed by atoms with van der Waals surface area (Å²) in [6, 6.07) is 6.48. The minimum absolute atomic E-state index is 0.125. The van der Waals surface area contributed by atoms with E-state index in [0.717, 1.165) is 5.56 Å². The van der Waals surface area contributed by atoms with Crippen molar-refractivity contribution in [3.63, 3.8) is 0 Å². The fourth-order valence-electron chi connectivity index (χ4n) is 1.01. The van der Waals surface area contributed by atoms with Gasteiger partial charge in [0.05, 0.1) is 4.90 Å². The molecule has 0 aliphatic rings. The van der Waals surface area contributed by atoms with Gasteiger partial charge in [-0.05, 0) is 31.5 Å². The normalized spacial score (nSPS) is 12.9. The van der Waals surface area contributed by atoms with Crippen LogP contribution in [0.3, 0.4) is 0 Å². The lowest BCUT2D eigenvalue weighted by molar-refractivity contribution is 0.609. The zero-order valence-corrected chi connectivity index (χ0v) is 10.9. The third kappa shape index (κ3) is 2.97. The second-order valence-electron chi connectivity index (χ2n) is 3.43. The molecule has 0 N–H and O–H groups in total. The van der Waals surface area contributed by atoms with Gasteiger partial charge in [-0.25, -0.2) is 8.42 Å². The summed E-state index contributed by atoms with van der Waals surface area (Å²) >= 11 is 3.48. The average molecular weight is 298 g/mol. The fraction of sp³-hybridized carbons (Fsp3) is 0.333. The van der Waals surface area contributed by atoms with Crippen molar-refractivity contribution in [1.29, 1.82) is 0 Å². The Bertz CT molecular complexity index is 417. The molecular weight excluding hydrogens is 288 g/mol. The van der Waals surface area contributed by atoms with Gasteiger partial charge in [0.15, 0.2) is 0 Å². The van der Waals surface area contributed by atoms with Crippen molar-refractivity contribution < 1.29 is 8.42 Å². The van der Waals surface area contributed by atoms with Crippen molar-refractivity contribution in [3.8, 4) is 0 Å². The predicted octanol–water partition coefficient (Wildman–Crippen LogP) is 3.24. The van der Waals surface area contributed by atoms with Crippen LogP contribution >= 0.6 is 26.6 Å². The van der Waals surface area contributed by atoms with E-state index in [2.05, 4.69) is 15.9 Å². The second kappa shape index (κ2) is 3.83. The molecule has 0 heterocycles. The topological polar surface area (TPSA) is 34.1 Å². The predicted molar refractivity (Wildman–Crippen MR) is 61.4 cm³/mol. The lowest BCUT2D eigenvalue weighted by Gasteiger charge is -2.16. The minimum Gasteiger partial charge on any atom is -0.207 e. The Morgan fingerprint density at radius 1 is 1.21 bits per heavy atom. The van der Waals surface area contributed by atoms with Crippen LogP contribution in [0.1, 0.15) is 19.4 Å². The molecule has 78 valence electrons. The first-order valence-electron chi connectivity index (χ1n) is 3.95. The van der Waals surface area contributed by atoms with Crippen molar-refractivity contribution in [1.82, 2.24) is 0 Å². The Labute approximate surface area is 96.8 Å². The second-order valence-corrected chi connectivity index (χ2v) is 7.98. The van der Waals surface area contributed by atoms with E-state index in [0.29, 0.717) is 0 Å². The molecular formula is C9H10BrClO2S. The summed E-state index contributed by atoms with van der Waals surface area (Å²) in [5, 5.41) is 0. The highest BCUT2D eigenvalue weighted by Crippen LogP contribution is 2.30. The summed E-state index contributed by atoms with van der Waals surface area (Å²) in [4.78, 5) is 0.125. The van der Waals surface area contributed by atoms with Gasteiger partial charge in [-0.1, -0.05) is 28.1 Å². The maximum atomic E-state index is 10.9. The van der Waals surface area contributed by atoms with E-state index in [1.165, 1.54) is 12.1 Å². The van der Waals surface area contributed by atoms with Crippen LogP contribution in [0.2, 0.25) is 0 Å². The lowest BCUT2D eigenvalue weighted by Crippen LogP contribution is -2.06. The lowest BCUT2D eigenvalue weighted by atomic mass is 10.0. The molecule has 0 spiro atoms. The number of alkyl halides is 1. The summed E-state index contributed by atoms with van der Waals surface area (Å²) in [5.74, 6) is 0. The van der Waals surface area contributed by atoms with Crippen LogP contribution in [0.25, 0.3) is 0 Å². The zero-order chi connectivity index (χ0) is 11.0. The molecule has 0 aliphatic heterocycles. The molecule has 0 unspecified atom stereocenters. The van der Waals surface area contributed by atoms with Crippen LogP contribution in [0.5, 0.6) is 0 Å². The summed E-state index contributed by atoms with van der Waals surface area (Å²) in [6.07, 6.45) is 0. The van der Waals surface area contributed by atoms with Crippen LogP contribution in [-0.4, -0.2) is 8.42 Å². The summed E-state index contributed by atoms with van der Waals surface area (Å²) in [7, 11) is 1.58. The number of benzene rings is 1. The Morgan fingerprint density at radius 3 is 1.93 bits per heavy atom. The third-order valence-electron chi connectivity index (χ3n) is 1.82. The van der Waals surface area contributed by atoms with Crippen LogP contribution in [-0.2, 0) is 13.4 Å². The average Bonchev–Trinajstić information content (AvgIpc) is 2.01. The fourth-order valence-corrected chi connectivity index (χ4v) is 2.05. The largest absolute Gasteiger partial charge is 0.261 e. The van der Waals surface area contributed by atoms with E-state index in [1.807, 2.05) is 13.8 Å². The Hall–Kier alpha value is -0.0600. The number of hydrogen-bond acceptors (Lipinski definition) is 2. The molecule has 0 saturated heterocycles. The van der Waals surface area contributed by atoms with Crippen molar-refractivity contribution in [2.45, 2.75) is 23.1 Å². The van der Waals surface area contributed by atoms with Gasteiger partial charge in [-0.15, -0.1) is 0 Å². The molecule has 0 amide bonds. The molecule has 0 aromatic heterocycles. The quantitative estimate of drug-likeness (QED) is 0.620. The Kier molecular flexibility index (Phi) is 3.29. The monoisotopic (exact) mass is 296 g/mol. The summed E-state index contributed by atoms with van der Waals surface area (Å²) < 4.78 is 21.7. The smallest absolute Gasteiger partial charge is 0.207 e. The van der Waals surface area contributed by atoms with E-state index in [-0.39, 0.29) is 9.22 Å². The molecule has 5 heteroatoms. The molecule has 1 rings (SSSR count). The first-order chi connectivity index (χ1) is 6.21. The van der Waals surface area contributed by atoms with Gasteiger partial charge in [0.25, 0.3) is 9.05 Å². The zero-order valence-electron chi connectivity index (χ0n) is 7.79. The van der Waals surface area contributed by atoms with Crippen LogP contribution in [0.15, 0.2) is 29.2 Å². The van der Waals surface area contributed by atoms with Crippen LogP contribution in [0, 0.1) is 0 Å². The highest BCUT2D eigenvalue weighted by Gasteiger charge is 2.17. The summed E-state index contributed by atoms with van der Waals surface area (Å²) in [6.45, 7) is 3.97. The van der Waals surface area contributed by atoms with E-state index < -0.39 is 9.05 Å². The Morgan fingerprint density at radius 2 is 1.64 bits per heavy atom. The summed E-state index contributed by atoms with van der Waals surface area (Å²) in [5.41, 5.74) is 1.00. The maximum Gasteiger partial charge on any atom is 0.261 e. The van der Waals surface area contributed by atoms with Gasteiger partial charge in [0, 0.05) is 15.0 Å². The molecule has 0 aliphatic carbocycles. The highest BCUT2D eigenvalue weighted by atomic mass is 79.9. The number of halogens is 2. The first kappa shape index (κ1) is 12.0. The molecule has 1 aromatic carbocycles. The third-order valence-corrected chi connectivity index (χ3v) is 3.65. The van der Waals surface area contributed by atoms with Gasteiger partial charge in [0.2, 0.25) is 0 Å². The first-order valence-corrected chi connectivity index (χ1v) is 7.05. The van der Waals surface area contributed by atoms with Gasteiger partial charge in [-0.2, -0.15) is 0 Å². The van der Waals surface area contributed by atoms with Crippen molar-refractivity contribution in [3.05, 3.63) is 29.8 Å². The molecule has 0 fully saturated rings. The van der Waals surface area contributed by atoms with Gasteiger partial charge in [0.1, 0.15) is 0 Å². The SMILES string of the molecule is CC(C)(Br)c1ccc(S(=O)(=O)Cl)cc1. The Balaban J connectivity index is 3.14. The minimum atomic E-state index is -3.61. The van der Waals surface area contributed by atoms with E-state index >= 15 is 0 Å². The van der Waals surface area contributed by atoms with Crippen LogP contribution < -0.4 is 0 Å². The van der Waals surface area contributed by atoms with E-state index in [1.54, 1.807) is 12.1 Å². The van der Waals surface area contributed by atoms with Crippen molar-refractivity contribution >= 4 is 35.7 Å². The van der Waals surface area contributed by atoms with Crippen molar-refractivity contribution in [2.24, 2.45) is 0 Å². The van der Waals surface area contributed by atoms with Crippen LogP contribution in [0.4, 0.5) is 0 Å². The van der Waals surface area contributed by atoms with E-state index in [9.17, 15) is 8.42 Å². The molecule has 0 atom stereocenters. The molecule has 0 radical (unpaired) electrons. The number of hydrogen-bond donors (Lipinski definition) is 0. The molecule has 1 aromatic rings. The van der Waals surface area contributed by atoms with E-state index in [4.69, 9.17) is 10.7 Å². The van der Waals surface area contributed by atoms with Gasteiger partial charge >= 0.3 is 0 Å². The van der Waals surface area contributed by atoms with Gasteiger partial charge in [-0.3, -0.25) is 0 Å². The highest BCUT2D eigenvalue weighted by molar-refractivity contribution is 9.09. The number of rotatable bonds is 2. The molecule has 2 nitrogen and oxygen atoms in total. The molecule has 0 saturated carbocycles. The molecule has 14 heavy (non-hydrogen) atoms. The maximum absolute atomic E-state index is 10.9. The standard InChI is InChI=1S/C9H10BrClO2S/c1-9(2,10)7-3-5-8(6-4-7)14(11,12)13/h3-6H,1-2H3. The van der Waals surface area contributed by atoms with Crippen molar-refractivity contribution in [2.75, 3.05) is 0 Å². The van der Waals surface area contributed by atoms with Gasteiger partial charge < -0.3 is 0 Å².